The zero-order valence-corrected chi connectivity index (χ0v) is 17.4. The average molecular weight is 404 g/mol. The molecule has 0 saturated carbocycles. The van der Waals surface area contributed by atoms with Crippen LogP contribution in [0.4, 0.5) is 0 Å². The van der Waals surface area contributed by atoms with E-state index in [1.54, 1.807) is 6.08 Å². The third-order valence-electron chi connectivity index (χ3n) is 6.62. The molecule has 5 heteroatoms. The molecule has 0 saturated heterocycles. The molecule has 0 aromatic heterocycles. The van der Waals surface area contributed by atoms with Crippen molar-refractivity contribution in [1.29, 1.82) is 0 Å². The molecule has 1 aromatic carbocycles. The van der Waals surface area contributed by atoms with Gasteiger partial charge >= 0.3 is 0 Å². The molecule has 0 radical (unpaired) electrons. The molecule has 1 aliphatic heterocycles. The van der Waals surface area contributed by atoms with Gasteiger partial charge in [-0.3, -0.25) is 5.32 Å². The molecule has 1 heterocycles. The number of aliphatic hydroxyl groups is 1. The minimum atomic E-state index is -0.603. The summed E-state index contributed by atoms with van der Waals surface area (Å²) in [5, 5.41) is 13.7. The predicted molar refractivity (Wildman–Crippen MR) is 120 cm³/mol. The van der Waals surface area contributed by atoms with Gasteiger partial charge in [0.15, 0.2) is 6.17 Å². The first-order chi connectivity index (χ1) is 14.7. The number of nitrogens with zero attached hydrogens (tertiary/aromatic N) is 2. The molecule has 4 aliphatic rings. The van der Waals surface area contributed by atoms with Crippen LogP contribution in [-0.4, -0.2) is 35.8 Å². The van der Waals surface area contributed by atoms with Crippen molar-refractivity contribution < 1.29 is 9.84 Å². The third kappa shape index (κ3) is 3.74. The number of amidine groups is 2. The molecule has 5 atom stereocenters. The smallest absolute Gasteiger partial charge is 0.292 e. The first-order valence-corrected chi connectivity index (χ1v) is 11.1. The van der Waals surface area contributed by atoms with Gasteiger partial charge in [0, 0.05) is 11.5 Å². The van der Waals surface area contributed by atoms with E-state index >= 15 is 0 Å². The number of fused-ring (bicyclic) bond motifs is 2. The maximum Gasteiger partial charge on any atom is 0.292 e. The Hall–Kier alpha value is -2.66. The van der Waals surface area contributed by atoms with E-state index in [1.165, 1.54) is 30.4 Å². The van der Waals surface area contributed by atoms with Crippen molar-refractivity contribution in [3.63, 3.8) is 0 Å². The van der Waals surface area contributed by atoms with Gasteiger partial charge in [-0.05, 0) is 61.6 Å². The Labute approximate surface area is 178 Å². The van der Waals surface area contributed by atoms with Crippen LogP contribution in [0.25, 0.3) is 0 Å². The highest BCUT2D eigenvalue weighted by Crippen LogP contribution is 2.37. The van der Waals surface area contributed by atoms with Crippen molar-refractivity contribution >= 4 is 11.9 Å². The van der Waals surface area contributed by atoms with Gasteiger partial charge < -0.3 is 9.84 Å². The Morgan fingerprint density at radius 1 is 1.10 bits per heavy atom. The summed E-state index contributed by atoms with van der Waals surface area (Å²) in [6.45, 7) is 2.46. The van der Waals surface area contributed by atoms with Gasteiger partial charge in [0.1, 0.15) is 5.84 Å². The van der Waals surface area contributed by atoms with Crippen LogP contribution in [0.15, 0.2) is 64.6 Å². The Balaban J connectivity index is 1.45. The minimum Gasteiger partial charge on any atom is -0.465 e. The second-order valence-electron chi connectivity index (χ2n) is 8.54. The lowest BCUT2D eigenvalue weighted by atomic mass is 9.71. The largest absolute Gasteiger partial charge is 0.465 e. The number of nitrogens with one attached hydrogen (secondary N) is 1. The number of benzene rings is 1. The highest BCUT2D eigenvalue weighted by molar-refractivity contribution is 6.08. The van der Waals surface area contributed by atoms with Crippen molar-refractivity contribution in [3.05, 3.63) is 71.3 Å². The summed E-state index contributed by atoms with van der Waals surface area (Å²) in [4.78, 5) is 9.47. The number of ether oxygens (including phenoxy) is 1. The van der Waals surface area contributed by atoms with Crippen molar-refractivity contribution in [2.75, 3.05) is 6.61 Å². The fourth-order valence-corrected chi connectivity index (χ4v) is 5.00. The highest BCUT2D eigenvalue weighted by atomic mass is 16.5. The summed E-state index contributed by atoms with van der Waals surface area (Å²) in [5.74, 6) is 2.00. The molecule has 0 fully saturated rings. The van der Waals surface area contributed by atoms with Crippen molar-refractivity contribution in [1.82, 2.24) is 5.32 Å². The van der Waals surface area contributed by atoms with E-state index in [4.69, 9.17) is 9.73 Å². The number of aliphatic hydroxyl groups excluding tert-OH is 1. The van der Waals surface area contributed by atoms with E-state index < -0.39 is 12.3 Å². The summed E-state index contributed by atoms with van der Waals surface area (Å²) >= 11 is 0. The predicted octanol–water partition coefficient (Wildman–Crippen LogP) is 3.54. The van der Waals surface area contributed by atoms with Crippen molar-refractivity contribution in [2.45, 2.75) is 44.9 Å². The summed E-state index contributed by atoms with van der Waals surface area (Å²) < 4.78 is 5.70. The molecule has 3 aliphatic carbocycles. The van der Waals surface area contributed by atoms with Gasteiger partial charge in [-0.2, -0.15) is 0 Å². The number of aliphatic imine (C=N–C) groups is 2. The van der Waals surface area contributed by atoms with E-state index in [0.29, 0.717) is 18.5 Å². The van der Waals surface area contributed by atoms with Crippen LogP contribution in [-0.2, 0) is 17.6 Å². The molecule has 1 aromatic rings. The molecule has 0 bridgehead atoms. The summed E-state index contributed by atoms with van der Waals surface area (Å²) in [7, 11) is 0. The fraction of sp³-hybridized carbons (Fsp3) is 0.440. The molecule has 5 rings (SSSR count). The quantitative estimate of drug-likeness (QED) is 0.759. The molecule has 0 spiro atoms. The summed E-state index contributed by atoms with van der Waals surface area (Å²) in [6.07, 6.45) is 16.1. The van der Waals surface area contributed by atoms with Gasteiger partial charge in [0.25, 0.3) is 6.02 Å². The molecule has 30 heavy (non-hydrogen) atoms. The maximum absolute atomic E-state index is 10.4. The second kappa shape index (κ2) is 8.23. The van der Waals surface area contributed by atoms with Gasteiger partial charge in [-0.15, -0.1) is 0 Å². The molecule has 5 unspecified atom stereocenters. The van der Waals surface area contributed by atoms with Gasteiger partial charge in [0.05, 0.1) is 12.7 Å². The van der Waals surface area contributed by atoms with E-state index in [1.807, 2.05) is 25.2 Å². The Kier molecular flexibility index (Phi) is 5.30. The van der Waals surface area contributed by atoms with Crippen LogP contribution >= 0.6 is 0 Å². The second-order valence-corrected chi connectivity index (χ2v) is 8.54. The third-order valence-corrected chi connectivity index (χ3v) is 6.62. The zero-order chi connectivity index (χ0) is 20.5. The average Bonchev–Trinajstić information content (AvgIpc) is 2.77. The highest BCUT2D eigenvalue weighted by Gasteiger charge is 2.31. The Morgan fingerprint density at radius 2 is 2.00 bits per heavy atom. The van der Waals surface area contributed by atoms with E-state index in [9.17, 15) is 5.11 Å². The van der Waals surface area contributed by atoms with Crippen LogP contribution in [0.2, 0.25) is 0 Å². The molecule has 0 amide bonds. The lowest BCUT2D eigenvalue weighted by Gasteiger charge is -2.34. The Bertz CT molecular complexity index is 959. The molecular formula is C25H29N3O2. The van der Waals surface area contributed by atoms with Crippen molar-refractivity contribution in [2.24, 2.45) is 27.7 Å². The number of allylic oxidation sites excluding steroid dienone is 4. The normalized spacial score (nSPS) is 31.9. The van der Waals surface area contributed by atoms with E-state index in [2.05, 4.69) is 40.7 Å². The first-order valence-electron chi connectivity index (χ1n) is 11.1. The van der Waals surface area contributed by atoms with Gasteiger partial charge in [-0.25, -0.2) is 9.98 Å². The van der Waals surface area contributed by atoms with Crippen molar-refractivity contribution in [3.8, 4) is 0 Å². The van der Waals surface area contributed by atoms with Crippen LogP contribution < -0.4 is 5.32 Å². The SMILES string of the molecule is CCOC1=NC(C2C=CC=CC2O)N=C(c2ccc3c(c2)CC2C=CCCC2C3)N1. The minimum absolute atomic E-state index is 0.201. The number of rotatable bonds is 3. The first kappa shape index (κ1) is 19.3. The topological polar surface area (TPSA) is 66.2 Å². The fourth-order valence-electron chi connectivity index (χ4n) is 5.00. The van der Waals surface area contributed by atoms with Crippen LogP contribution in [0.3, 0.4) is 0 Å². The zero-order valence-electron chi connectivity index (χ0n) is 17.4. The molecular weight excluding hydrogens is 374 g/mol. The number of hydrogen-bond donors (Lipinski definition) is 2. The van der Waals surface area contributed by atoms with Gasteiger partial charge in [-0.1, -0.05) is 48.6 Å². The maximum atomic E-state index is 10.4. The Morgan fingerprint density at radius 3 is 2.87 bits per heavy atom. The van der Waals surface area contributed by atoms with Gasteiger partial charge in [0.2, 0.25) is 0 Å². The molecule has 2 N–H and O–H groups in total. The van der Waals surface area contributed by atoms with Crippen LogP contribution in [0, 0.1) is 17.8 Å². The van der Waals surface area contributed by atoms with Crippen LogP contribution in [0.5, 0.6) is 0 Å². The number of hydrogen-bond acceptors (Lipinski definition) is 5. The molecule has 5 nitrogen and oxygen atoms in total. The van der Waals surface area contributed by atoms with E-state index in [-0.39, 0.29) is 5.92 Å². The summed E-state index contributed by atoms with van der Waals surface area (Å²) in [6, 6.07) is 7.17. The lowest BCUT2D eigenvalue weighted by Crippen LogP contribution is -2.42. The summed E-state index contributed by atoms with van der Waals surface area (Å²) in [5.41, 5.74) is 3.94. The van der Waals surface area contributed by atoms with E-state index in [0.717, 1.165) is 23.7 Å². The monoisotopic (exact) mass is 403 g/mol. The van der Waals surface area contributed by atoms with Crippen LogP contribution in [0.1, 0.15) is 36.5 Å². The standard InChI is InChI=1S/C25H29N3O2/c1-2-30-25-27-23(26-24(28-25)21-9-5-6-10-22(21)29)19-12-11-18-13-16-7-3-4-8-17(16)14-20(18)15-19/h4-6,8-12,15-17,21-22,24,29H,2-3,7,13-14H2,1H3,(H,26,27,28). The molecule has 156 valence electrons. The lowest BCUT2D eigenvalue weighted by molar-refractivity contribution is 0.160.